The number of benzene rings is 1. The Morgan fingerprint density at radius 3 is 2.90 bits per heavy atom. The third kappa shape index (κ3) is 4.25. The predicted molar refractivity (Wildman–Crippen MR) is 79.5 cm³/mol. The quantitative estimate of drug-likeness (QED) is 0.842. The number of sulfonamides is 1. The highest BCUT2D eigenvalue weighted by Crippen LogP contribution is 2.19. The van der Waals surface area contributed by atoms with Gasteiger partial charge in [-0.3, -0.25) is 0 Å². The van der Waals surface area contributed by atoms with E-state index in [2.05, 4.69) is 26.0 Å². The highest BCUT2D eigenvalue weighted by molar-refractivity contribution is 9.10. The van der Waals surface area contributed by atoms with Gasteiger partial charge in [-0.25, -0.2) is 17.5 Å². The van der Waals surface area contributed by atoms with Crippen molar-refractivity contribution in [2.45, 2.75) is 24.2 Å². The summed E-state index contributed by atoms with van der Waals surface area (Å²) in [7, 11) is -3.63. The van der Waals surface area contributed by atoms with Crippen molar-refractivity contribution in [1.29, 1.82) is 0 Å². The van der Waals surface area contributed by atoms with Crippen LogP contribution in [0.1, 0.15) is 19.3 Å². The minimum absolute atomic E-state index is 0.0417. The predicted octanol–water partition coefficient (Wildman–Crippen LogP) is 2.26. The Morgan fingerprint density at radius 1 is 1.45 bits per heavy atom. The molecule has 4 nitrogen and oxygen atoms in total. The fourth-order valence-corrected chi connectivity index (χ4v) is 3.60. The lowest BCUT2D eigenvalue weighted by Crippen LogP contribution is -2.33. The van der Waals surface area contributed by atoms with E-state index in [1.807, 2.05) is 0 Å². The lowest BCUT2D eigenvalue weighted by atomic mass is 9.96. The molecule has 112 valence electrons. The van der Waals surface area contributed by atoms with Gasteiger partial charge in [-0.1, -0.05) is 0 Å². The van der Waals surface area contributed by atoms with E-state index in [-0.39, 0.29) is 9.37 Å². The van der Waals surface area contributed by atoms with E-state index in [0.717, 1.165) is 38.4 Å². The molecule has 2 rings (SSSR count). The van der Waals surface area contributed by atoms with Crippen molar-refractivity contribution in [3.05, 3.63) is 28.5 Å². The third-order valence-electron chi connectivity index (χ3n) is 3.44. The molecule has 0 radical (unpaired) electrons. The summed E-state index contributed by atoms with van der Waals surface area (Å²) in [4.78, 5) is -0.0417. The second-order valence-electron chi connectivity index (χ2n) is 4.97. The summed E-state index contributed by atoms with van der Waals surface area (Å²) in [5.74, 6) is -0.0718. The minimum atomic E-state index is -3.63. The van der Waals surface area contributed by atoms with Crippen molar-refractivity contribution < 1.29 is 12.8 Å². The van der Waals surface area contributed by atoms with E-state index in [1.54, 1.807) is 0 Å². The molecule has 0 aromatic heterocycles. The molecule has 1 fully saturated rings. The van der Waals surface area contributed by atoms with E-state index in [0.29, 0.717) is 12.5 Å². The summed E-state index contributed by atoms with van der Waals surface area (Å²) < 4.78 is 40.2. The lowest BCUT2D eigenvalue weighted by Gasteiger charge is -2.22. The van der Waals surface area contributed by atoms with Crippen LogP contribution in [-0.2, 0) is 10.0 Å². The molecule has 0 saturated carbocycles. The minimum Gasteiger partial charge on any atom is -0.316 e. The highest BCUT2D eigenvalue weighted by atomic mass is 79.9. The fourth-order valence-electron chi connectivity index (χ4n) is 2.30. The van der Waals surface area contributed by atoms with Crippen LogP contribution in [0.2, 0.25) is 0 Å². The van der Waals surface area contributed by atoms with Crippen LogP contribution < -0.4 is 10.0 Å². The van der Waals surface area contributed by atoms with Gasteiger partial charge in [0.2, 0.25) is 10.0 Å². The first kappa shape index (κ1) is 15.9. The molecule has 1 atom stereocenters. The molecule has 1 aromatic rings. The second kappa shape index (κ2) is 6.98. The summed E-state index contributed by atoms with van der Waals surface area (Å²) in [5.41, 5.74) is 0. The Bertz CT molecular complexity index is 559. The molecule has 1 aliphatic rings. The second-order valence-corrected chi connectivity index (χ2v) is 7.60. The summed E-state index contributed by atoms with van der Waals surface area (Å²) in [6.07, 6.45) is 3.06. The van der Waals surface area contributed by atoms with Crippen molar-refractivity contribution in [2.75, 3.05) is 19.6 Å². The van der Waals surface area contributed by atoms with Crippen LogP contribution in [-0.4, -0.2) is 28.1 Å². The van der Waals surface area contributed by atoms with Gasteiger partial charge in [-0.05, 0) is 72.4 Å². The van der Waals surface area contributed by atoms with Gasteiger partial charge in [0, 0.05) is 6.54 Å². The van der Waals surface area contributed by atoms with Gasteiger partial charge in [-0.15, -0.1) is 0 Å². The number of piperidine rings is 1. The molecule has 1 aliphatic heterocycles. The van der Waals surface area contributed by atoms with Crippen LogP contribution in [0.25, 0.3) is 0 Å². The largest absolute Gasteiger partial charge is 0.316 e. The van der Waals surface area contributed by atoms with E-state index >= 15 is 0 Å². The van der Waals surface area contributed by atoms with Gasteiger partial charge in [0.25, 0.3) is 0 Å². The number of halogens is 2. The van der Waals surface area contributed by atoms with Crippen molar-refractivity contribution in [2.24, 2.45) is 5.92 Å². The van der Waals surface area contributed by atoms with Crippen LogP contribution in [0.15, 0.2) is 27.6 Å². The van der Waals surface area contributed by atoms with Crippen molar-refractivity contribution in [3.8, 4) is 0 Å². The zero-order chi connectivity index (χ0) is 14.6. The molecule has 1 heterocycles. The molecular formula is C13H18BrFN2O2S. The van der Waals surface area contributed by atoms with Gasteiger partial charge < -0.3 is 5.32 Å². The highest BCUT2D eigenvalue weighted by Gasteiger charge is 2.17. The SMILES string of the molecule is O=S(=O)(NCCC1CCCNC1)c1ccc(Br)c(F)c1. The molecule has 0 aliphatic carbocycles. The fraction of sp³-hybridized carbons (Fsp3) is 0.538. The molecule has 1 aromatic carbocycles. The summed E-state index contributed by atoms with van der Waals surface area (Å²) in [5, 5.41) is 3.30. The van der Waals surface area contributed by atoms with Crippen LogP contribution in [0.5, 0.6) is 0 Å². The molecule has 1 saturated heterocycles. The van der Waals surface area contributed by atoms with Crippen molar-refractivity contribution in [1.82, 2.24) is 10.0 Å². The molecule has 0 bridgehead atoms. The molecule has 20 heavy (non-hydrogen) atoms. The zero-order valence-electron chi connectivity index (χ0n) is 11.0. The Hall–Kier alpha value is -0.500. The maximum Gasteiger partial charge on any atom is 0.240 e. The smallest absolute Gasteiger partial charge is 0.240 e. The molecule has 1 unspecified atom stereocenters. The molecule has 0 amide bonds. The van der Waals surface area contributed by atoms with E-state index < -0.39 is 15.8 Å². The lowest BCUT2D eigenvalue weighted by molar-refractivity contribution is 0.358. The summed E-state index contributed by atoms with van der Waals surface area (Å²) >= 11 is 3.00. The zero-order valence-corrected chi connectivity index (χ0v) is 13.4. The Kier molecular flexibility index (Phi) is 5.54. The number of hydrogen-bond donors (Lipinski definition) is 2. The Labute approximate surface area is 127 Å². The Morgan fingerprint density at radius 2 is 2.25 bits per heavy atom. The summed E-state index contributed by atoms with van der Waals surface area (Å²) in [6.45, 7) is 2.36. The molecule has 0 spiro atoms. The van der Waals surface area contributed by atoms with E-state index in [1.165, 1.54) is 12.1 Å². The van der Waals surface area contributed by atoms with E-state index in [4.69, 9.17) is 0 Å². The van der Waals surface area contributed by atoms with Gasteiger partial charge in [0.1, 0.15) is 5.82 Å². The normalized spacial score (nSPS) is 20.0. The molecule has 2 N–H and O–H groups in total. The van der Waals surface area contributed by atoms with Gasteiger partial charge >= 0.3 is 0 Å². The summed E-state index contributed by atoms with van der Waals surface area (Å²) in [6, 6.07) is 3.81. The maximum atomic E-state index is 13.4. The standard InChI is InChI=1S/C13H18BrFN2O2S/c14-12-4-3-11(8-13(12)15)20(18,19)17-7-5-10-2-1-6-16-9-10/h3-4,8,10,16-17H,1-2,5-7,9H2. The van der Waals surface area contributed by atoms with E-state index in [9.17, 15) is 12.8 Å². The first-order valence-electron chi connectivity index (χ1n) is 6.64. The van der Waals surface area contributed by atoms with Crippen LogP contribution >= 0.6 is 15.9 Å². The Balaban J connectivity index is 1.91. The number of rotatable bonds is 5. The monoisotopic (exact) mass is 364 g/mol. The van der Waals surface area contributed by atoms with Gasteiger partial charge in [-0.2, -0.15) is 0 Å². The van der Waals surface area contributed by atoms with Crippen LogP contribution in [0.3, 0.4) is 0 Å². The van der Waals surface area contributed by atoms with Gasteiger partial charge in [0.15, 0.2) is 0 Å². The van der Waals surface area contributed by atoms with Crippen molar-refractivity contribution >= 4 is 26.0 Å². The molecule has 7 heteroatoms. The number of nitrogens with one attached hydrogen (secondary N) is 2. The first-order valence-corrected chi connectivity index (χ1v) is 8.92. The maximum absolute atomic E-state index is 13.4. The van der Waals surface area contributed by atoms with Gasteiger partial charge in [0.05, 0.1) is 9.37 Å². The van der Waals surface area contributed by atoms with Crippen molar-refractivity contribution in [3.63, 3.8) is 0 Å². The van der Waals surface area contributed by atoms with Crippen LogP contribution in [0.4, 0.5) is 4.39 Å². The average Bonchev–Trinajstić information content (AvgIpc) is 2.43. The topological polar surface area (TPSA) is 58.2 Å². The van der Waals surface area contributed by atoms with Crippen LogP contribution in [0, 0.1) is 11.7 Å². The third-order valence-corrected chi connectivity index (χ3v) is 5.55. The molecular weight excluding hydrogens is 347 g/mol. The number of hydrogen-bond acceptors (Lipinski definition) is 3. The average molecular weight is 365 g/mol. The first-order chi connectivity index (χ1) is 9.49.